The fourth-order valence-electron chi connectivity index (χ4n) is 2.28. The van der Waals surface area contributed by atoms with E-state index in [0.717, 1.165) is 34.7 Å². The zero-order valence-corrected chi connectivity index (χ0v) is 14.9. The monoisotopic (exact) mass is 352 g/mol. The van der Waals surface area contributed by atoms with Gasteiger partial charge in [0.05, 0.1) is 5.69 Å². The Hall–Kier alpha value is -2.60. The van der Waals surface area contributed by atoms with Crippen LogP contribution in [0.4, 0.5) is 0 Å². The fourth-order valence-corrected chi connectivity index (χ4v) is 3.23. The van der Waals surface area contributed by atoms with Gasteiger partial charge in [-0.2, -0.15) is 0 Å². The standard InChI is InChI=1S/C19H20N4OS/c1-3-12-23-15(2)21-22-19(23)25-14-16-7-9-18(10-8-16)24-13-17-6-4-5-11-20-17/h3-11H,1,12-14H2,2H3. The van der Waals surface area contributed by atoms with E-state index in [4.69, 9.17) is 4.74 Å². The highest BCUT2D eigenvalue weighted by atomic mass is 32.2. The molecule has 1 aromatic carbocycles. The number of ether oxygens (including phenoxy) is 1. The number of benzene rings is 1. The first-order valence-corrected chi connectivity index (χ1v) is 9.00. The predicted molar refractivity (Wildman–Crippen MR) is 99.5 cm³/mol. The second-order valence-electron chi connectivity index (χ2n) is 5.47. The minimum atomic E-state index is 0.471. The molecular formula is C19H20N4OS. The maximum absolute atomic E-state index is 5.76. The van der Waals surface area contributed by atoms with Crippen molar-refractivity contribution in [2.45, 2.75) is 31.0 Å². The van der Waals surface area contributed by atoms with Crippen molar-refractivity contribution in [2.75, 3.05) is 0 Å². The van der Waals surface area contributed by atoms with E-state index in [0.29, 0.717) is 6.61 Å². The summed E-state index contributed by atoms with van der Waals surface area (Å²) >= 11 is 1.67. The minimum absolute atomic E-state index is 0.471. The van der Waals surface area contributed by atoms with Crippen molar-refractivity contribution in [1.29, 1.82) is 0 Å². The third-order valence-electron chi connectivity index (χ3n) is 3.62. The molecule has 6 heteroatoms. The molecule has 0 saturated heterocycles. The summed E-state index contributed by atoms with van der Waals surface area (Å²) in [5, 5.41) is 9.27. The molecule has 0 aliphatic heterocycles. The third-order valence-corrected chi connectivity index (χ3v) is 4.66. The summed E-state index contributed by atoms with van der Waals surface area (Å²) < 4.78 is 7.81. The van der Waals surface area contributed by atoms with Crippen LogP contribution in [0.3, 0.4) is 0 Å². The molecule has 3 aromatic rings. The van der Waals surface area contributed by atoms with E-state index < -0.39 is 0 Å². The smallest absolute Gasteiger partial charge is 0.191 e. The van der Waals surface area contributed by atoms with Crippen molar-refractivity contribution >= 4 is 11.8 Å². The Kier molecular flexibility index (Phi) is 5.85. The second kappa shape index (κ2) is 8.48. The van der Waals surface area contributed by atoms with Crippen LogP contribution in [0.1, 0.15) is 17.1 Å². The summed E-state index contributed by atoms with van der Waals surface area (Å²) in [4.78, 5) is 4.25. The van der Waals surface area contributed by atoms with Crippen LogP contribution >= 0.6 is 11.8 Å². The van der Waals surface area contributed by atoms with Crippen molar-refractivity contribution in [2.24, 2.45) is 0 Å². The van der Waals surface area contributed by atoms with E-state index in [1.54, 1.807) is 18.0 Å². The minimum Gasteiger partial charge on any atom is -0.487 e. The molecule has 0 unspecified atom stereocenters. The van der Waals surface area contributed by atoms with Gasteiger partial charge in [0, 0.05) is 18.5 Å². The second-order valence-corrected chi connectivity index (χ2v) is 6.41. The number of pyridine rings is 1. The van der Waals surface area contributed by atoms with Crippen LogP contribution < -0.4 is 4.74 Å². The highest BCUT2D eigenvalue weighted by molar-refractivity contribution is 7.98. The van der Waals surface area contributed by atoms with Crippen molar-refractivity contribution in [3.63, 3.8) is 0 Å². The van der Waals surface area contributed by atoms with Gasteiger partial charge in [0.1, 0.15) is 18.2 Å². The zero-order valence-electron chi connectivity index (χ0n) is 14.1. The molecule has 5 nitrogen and oxygen atoms in total. The molecule has 2 aromatic heterocycles. The molecule has 0 bridgehead atoms. The Labute approximate surface area is 151 Å². The maximum atomic E-state index is 5.76. The third kappa shape index (κ3) is 4.70. The Bertz CT molecular complexity index is 815. The first kappa shape index (κ1) is 17.2. The molecule has 0 aliphatic carbocycles. The molecule has 0 amide bonds. The van der Waals surface area contributed by atoms with Crippen LogP contribution in [0.2, 0.25) is 0 Å². The van der Waals surface area contributed by atoms with Gasteiger partial charge in [-0.25, -0.2) is 0 Å². The lowest BCUT2D eigenvalue weighted by Crippen LogP contribution is -2.00. The van der Waals surface area contributed by atoms with Gasteiger partial charge in [0.2, 0.25) is 0 Å². The van der Waals surface area contributed by atoms with Crippen LogP contribution in [-0.4, -0.2) is 19.7 Å². The van der Waals surface area contributed by atoms with Gasteiger partial charge >= 0.3 is 0 Å². The highest BCUT2D eigenvalue weighted by Crippen LogP contribution is 2.23. The van der Waals surface area contributed by atoms with Crippen molar-refractivity contribution in [1.82, 2.24) is 19.7 Å². The number of aryl methyl sites for hydroxylation is 1. The van der Waals surface area contributed by atoms with Crippen LogP contribution in [-0.2, 0) is 18.9 Å². The van der Waals surface area contributed by atoms with Crippen molar-refractivity contribution < 1.29 is 4.74 Å². The van der Waals surface area contributed by atoms with Crippen molar-refractivity contribution in [3.8, 4) is 5.75 Å². The Morgan fingerprint density at radius 1 is 1.16 bits per heavy atom. The number of thioether (sulfide) groups is 1. The van der Waals surface area contributed by atoms with Gasteiger partial charge in [-0.05, 0) is 36.8 Å². The lowest BCUT2D eigenvalue weighted by Gasteiger charge is -2.07. The lowest BCUT2D eigenvalue weighted by atomic mass is 10.2. The van der Waals surface area contributed by atoms with Gasteiger partial charge in [-0.1, -0.05) is 36.0 Å². The Morgan fingerprint density at radius 3 is 2.72 bits per heavy atom. The molecule has 0 N–H and O–H groups in total. The number of hydrogen-bond acceptors (Lipinski definition) is 5. The number of nitrogens with zero attached hydrogens (tertiary/aromatic N) is 4. The molecule has 128 valence electrons. The van der Waals surface area contributed by atoms with Crippen LogP contribution in [0, 0.1) is 6.92 Å². The molecule has 25 heavy (non-hydrogen) atoms. The van der Waals surface area contributed by atoms with Crippen molar-refractivity contribution in [3.05, 3.63) is 78.4 Å². The van der Waals surface area contributed by atoms with Gasteiger partial charge in [0.25, 0.3) is 0 Å². The van der Waals surface area contributed by atoms with Gasteiger partial charge in [-0.15, -0.1) is 16.8 Å². The normalized spacial score (nSPS) is 10.6. The maximum Gasteiger partial charge on any atom is 0.191 e. The van der Waals surface area contributed by atoms with Gasteiger partial charge < -0.3 is 9.30 Å². The van der Waals surface area contributed by atoms with Crippen LogP contribution in [0.25, 0.3) is 0 Å². The summed E-state index contributed by atoms with van der Waals surface area (Å²) in [5.41, 5.74) is 2.13. The van der Waals surface area contributed by atoms with Gasteiger partial charge in [0.15, 0.2) is 5.16 Å². The summed E-state index contributed by atoms with van der Waals surface area (Å²) in [6.45, 7) is 6.93. The summed E-state index contributed by atoms with van der Waals surface area (Å²) in [6, 6.07) is 13.9. The predicted octanol–water partition coefficient (Wildman–Crippen LogP) is 4.04. The molecule has 0 saturated carbocycles. The molecule has 2 heterocycles. The van der Waals surface area contributed by atoms with Crippen LogP contribution in [0.5, 0.6) is 5.75 Å². The summed E-state index contributed by atoms with van der Waals surface area (Å²) in [5.74, 6) is 2.57. The Morgan fingerprint density at radius 2 is 2.00 bits per heavy atom. The van der Waals surface area contributed by atoms with E-state index in [2.05, 4.69) is 38.5 Å². The molecule has 0 spiro atoms. The number of hydrogen-bond donors (Lipinski definition) is 0. The molecular weight excluding hydrogens is 332 g/mol. The van der Waals surface area contributed by atoms with E-state index in [1.807, 2.05) is 43.3 Å². The Balaban J connectivity index is 1.55. The molecule has 3 rings (SSSR count). The van der Waals surface area contributed by atoms with E-state index >= 15 is 0 Å². The first-order chi connectivity index (χ1) is 12.3. The quantitative estimate of drug-likeness (QED) is 0.452. The number of allylic oxidation sites excluding steroid dienone is 1. The summed E-state index contributed by atoms with van der Waals surface area (Å²) in [7, 11) is 0. The topological polar surface area (TPSA) is 52.8 Å². The molecule has 0 fully saturated rings. The molecule has 0 atom stereocenters. The lowest BCUT2D eigenvalue weighted by molar-refractivity contribution is 0.301. The average Bonchev–Trinajstić information content (AvgIpc) is 3.00. The van der Waals surface area contributed by atoms with E-state index in [9.17, 15) is 0 Å². The zero-order chi connectivity index (χ0) is 17.5. The highest BCUT2D eigenvalue weighted by Gasteiger charge is 2.08. The van der Waals surface area contributed by atoms with E-state index in [-0.39, 0.29) is 0 Å². The van der Waals surface area contributed by atoms with Gasteiger partial charge in [-0.3, -0.25) is 4.98 Å². The van der Waals surface area contributed by atoms with Crippen LogP contribution in [0.15, 0.2) is 66.5 Å². The average molecular weight is 352 g/mol. The largest absolute Gasteiger partial charge is 0.487 e. The summed E-state index contributed by atoms with van der Waals surface area (Å²) in [6.07, 6.45) is 3.62. The molecule has 0 aliphatic rings. The number of aromatic nitrogens is 4. The molecule has 0 radical (unpaired) electrons. The fraction of sp³-hybridized carbons (Fsp3) is 0.211. The SMILES string of the molecule is C=CCn1c(C)nnc1SCc1ccc(OCc2ccccn2)cc1. The van der Waals surface area contributed by atoms with E-state index in [1.165, 1.54) is 5.56 Å². The number of rotatable bonds is 8. The first-order valence-electron chi connectivity index (χ1n) is 8.01.